The van der Waals surface area contributed by atoms with E-state index in [1.54, 1.807) is 19.1 Å². The number of ether oxygens (including phenoxy) is 1. The number of nitrogens with zero attached hydrogens (tertiary/aromatic N) is 1. The minimum absolute atomic E-state index is 0.0479. The van der Waals surface area contributed by atoms with Crippen molar-refractivity contribution in [2.24, 2.45) is 5.16 Å². The molecule has 26 heavy (non-hydrogen) atoms. The number of rotatable bonds is 6. The quantitative estimate of drug-likeness (QED) is 0.793. The average molecular weight is 363 g/mol. The molecule has 0 saturated carbocycles. The fourth-order valence-corrected chi connectivity index (χ4v) is 2.88. The van der Waals surface area contributed by atoms with Gasteiger partial charge in [-0.3, -0.25) is 9.59 Å². The fraction of sp³-hybridized carbons (Fsp3) is 0.500. The summed E-state index contributed by atoms with van der Waals surface area (Å²) >= 11 is 0. The van der Waals surface area contributed by atoms with Crippen LogP contribution in [0.1, 0.15) is 31.7 Å². The molecule has 2 amide bonds. The maximum atomic E-state index is 13.0. The molecule has 0 aliphatic carbocycles. The lowest BCUT2D eigenvalue weighted by Gasteiger charge is -2.17. The van der Waals surface area contributed by atoms with Gasteiger partial charge in [0, 0.05) is 19.6 Å². The molecule has 3 atom stereocenters. The molecule has 0 spiro atoms. The van der Waals surface area contributed by atoms with Crippen molar-refractivity contribution in [3.8, 4) is 0 Å². The van der Waals surface area contributed by atoms with Gasteiger partial charge in [0.05, 0.1) is 11.8 Å². The molecule has 2 aliphatic heterocycles. The third-order valence-corrected chi connectivity index (χ3v) is 4.42. The van der Waals surface area contributed by atoms with Crippen molar-refractivity contribution in [1.82, 2.24) is 10.6 Å². The van der Waals surface area contributed by atoms with Crippen LogP contribution >= 0.6 is 0 Å². The number of benzene rings is 1. The zero-order valence-corrected chi connectivity index (χ0v) is 14.5. The number of amides is 2. The lowest BCUT2D eigenvalue weighted by atomic mass is 10.0. The van der Waals surface area contributed by atoms with E-state index in [9.17, 15) is 14.0 Å². The molecular weight excluding hydrogens is 341 g/mol. The lowest BCUT2D eigenvalue weighted by molar-refractivity contribution is -0.135. The molecule has 1 fully saturated rings. The number of hydrogen-bond donors (Lipinski definition) is 2. The Morgan fingerprint density at radius 1 is 1.35 bits per heavy atom. The summed E-state index contributed by atoms with van der Waals surface area (Å²) in [5, 5.41) is 9.30. The number of oxime groups is 1. The first-order valence-electron chi connectivity index (χ1n) is 8.71. The van der Waals surface area contributed by atoms with E-state index in [1.165, 1.54) is 12.1 Å². The first kappa shape index (κ1) is 18.3. The van der Waals surface area contributed by atoms with Crippen molar-refractivity contribution in [2.75, 3.05) is 13.2 Å². The number of nitrogens with one attached hydrogen (secondary N) is 2. The molecule has 2 N–H and O–H groups in total. The number of halogens is 1. The second kappa shape index (κ2) is 8.27. The molecule has 0 bridgehead atoms. The van der Waals surface area contributed by atoms with Crippen LogP contribution in [0.15, 0.2) is 29.4 Å². The van der Waals surface area contributed by atoms with Crippen LogP contribution in [0.2, 0.25) is 0 Å². The summed E-state index contributed by atoms with van der Waals surface area (Å²) in [6.07, 6.45) is 1.44. The highest BCUT2D eigenvalue weighted by molar-refractivity contribution is 6.04. The summed E-state index contributed by atoms with van der Waals surface area (Å²) in [4.78, 5) is 29.5. The Labute approximate surface area is 150 Å². The molecule has 3 rings (SSSR count). The van der Waals surface area contributed by atoms with E-state index >= 15 is 0 Å². The summed E-state index contributed by atoms with van der Waals surface area (Å²) in [5.41, 5.74) is 1.27. The van der Waals surface area contributed by atoms with Crippen LogP contribution in [-0.4, -0.2) is 48.9 Å². The smallest absolute Gasteiger partial charge is 0.264 e. The number of hydrogen-bond acceptors (Lipinski definition) is 5. The van der Waals surface area contributed by atoms with Crippen molar-refractivity contribution in [1.29, 1.82) is 0 Å². The Kier molecular flexibility index (Phi) is 5.82. The van der Waals surface area contributed by atoms with Gasteiger partial charge in [0.15, 0.2) is 0 Å². The second-order valence-electron chi connectivity index (χ2n) is 6.45. The third kappa shape index (κ3) is 4.57. The Hall–Kier alpha value is -2.48. The predicted molar refractivity (Wildman–Crippen MR) is 92.0 cm³/mol. The van der Waals surface area contributed by atoms with Crippen LogP contribution in [0.5, 0.6) is 0 Å². The average Bonchev–Trinajstić information content (AvgIpc) is 3.32. The summed E-state index contributed by atoms with van der Waals surface area (Å²) in [5.74, 6) is -1.03. The molecule has 1 saturated heterocycles. The zero-order valence-electron chi connectivity index (χ0n) is 14.5. The monoisotopic (exact) mass is 363 g/mol. The molecule has 0 unspecified atom stereocenters. The summed E-state index contributed by atoms with van der Waals surface area (Å²) in [6, 6.07) is 5.12. The summed E-state index contributed by atoms with van der Waals surface area (Å²) in [7, 11) is 0. The van der Waals surface area contributed by atoms with Gasteiger partial charge < -0.3 is 20.2 Å². The van der Waals surface area contributed by atoms with Gasteiger partial charge in [-0.25, -0.2) is 4.39 Å². The summed E-state index contributed by atoms with van der Waals surface area (Å²) in [6.45, 7) is 2.78. The van der Waals surface area contributed by atoms with Crippen molar-refractivity contribution < 1.29 is 23.6 Å². The molecule has 0 radical (unpaired) electrons. The third-order valence-electron chi connectivity index (χ3n) is 4.42. The molecule has 1 aromatic carbocycles. The number of carbonyl (C=O) groups excluding carboxylic acids is 2. The van der Waals surface area contributed by atoms with Crippen LogP contribution in [0, 0.1) is 5.82 Å². The highest BCUT2D eigenvalue weighted by Gasteiger charge is 2.31. The normalized spacial score (nSPS) is 23.1. The molecule has 1 aromatic rings. The first-order chi connectivity index (χ1) is 12.5. The van der Waals surface area contributed by atoms with E-state index in [0.29, 0.717) is 17.8 Å². The van der Waals surface area contributed by atoms with Crippen molar-refractivity contribution >= 4 is 17.5 Å². The van der Waals surface area contributed by atoms with Crippen LogP contribution in [0.3, 0.4) is 0 Å². The molecule has 8 heteroatoms. The van der Waals surface area contributed by atoms with Crippen LogP contribution in [-0.2, 0) is 19.2 Å². The topological polar surface area (TPSA) is 89.0 Å². The van der Waals surface area contributed by atoms with E-state index in [1.807, 2.05) is 0 Å². The van der Waals surface area contributed by atoms with Gasteiger partial charge in [-0.05, 0) is 37.5 Å². The lowest BCUT2D eigenvalue weighted by Crippen LogP contribution is -2.49. The fourth-order valence-electron chi connectivity index (χ4n) is 2.88. The van der Waals surface area contributed by atoms with Gasteiger partial charge in [0.2, 0.25) is 12.0 Å². The molecule has 7 nitrogen and oxygen atoms in total. The summed E-state index contributed by atoms with van der Waals surface area (Å²) < 4.78 is 18.4. The van der Waals surface area contributed by atoms with Crippen LogP contribution in [0.4, 0.5) is 4.39 Å². The Balaban J connectivity index is 1.44. The van der Waals surface area contributed by atoms with Gasteiger partial charge in [0.1, 0.15) is 11.9 Å². The second-order valence-corrected chi connectivity index (χ2v) is 6.45. The molecule has 2 aliphatic rings. The Bertz CT molecular complexity index is 686. The number of carbonyl (C=O) groups is 2. The van der Waals surface area contributed by atoms with E-state index in [4.69, 9.17) is 9.57 Å². The highest BCUT2D eigenvalue weighted by atomic mass is 19.1. The van der Waals surface area contributed by atoms with Crippen LogP contribution < -0.4 is 10.6 Å². The van der Waals surface area contributed by atoms with E-state index in [2.05, 4.69) is 15.8 Å². The standard InChI is InChI=1S/C18H22FN3O4/c1-11(17(23)20-10-14-3-2-8-25-14)21-18(24)16-9-15(22-26-16)12-4-6-13(19)7-5-12/h4-7,11,14,16H,2-3,8-10H2,1H3,(H,20,23)(H,21,24)/t11-,14-,16-/m0/s1. The van der Waals surface area contributed by atoms with Crippen molar-refractivity contribution in [2.45, 2.75) is 44.4 Å². The molecule has 140 valence electrons. The highest BCUT2D eigenvalue weighted by Crippen LogP contribution is 2.17. The van der Waals surface area contributed by atoms with Gasteiger partial charge in [-0.1, -0.05) is 17.3 Å². The first-order valence-corrected chi connectivity index (χ1v) is 8.71. The van der Waals surface area contributed by atoms with E-state index in [0.717, 1.165) is 19.4 Å². The minimum atomic E-state index is -0.802. The van der Waals surface area contributed by atoms with Gasteiger partial charge >= 0.3 is 0 Å². The SMILES string of the molecule is C[C@H](NC(=O)[C@@H]1CC(c2ccc(F)cc2)=NO1)C(=O)NC[C@@H]1CCCO1. The largest absolute Gasteiger partial charge is 0.382 e. The van der Waals surface area contributed by atoms with Gasteiger partial charge in [-0.15, -0.1) is 0 Å². The minimum Gasteiger partial charge on any atom is -0.382 e. The zero-order chi connectivity index (χ0) is 18.5. The van der Waals surface area contributed by atoms with E-state index in [-0.39, 0.29) is 24.2 Å². The van der Waals surface area contributed by atoms with Crippen molar-refractivity contribution in [3.63, 3.8) is 0 Å². The van der Waals surface area contributed by atoms with E-state index < -0.39 is 18.1 Å². The van der Waals surface area contributed by atoms with Gasteiger partial charge in [0.25, 0.3) is 5.91 Å². The maximum absolute atomic E-state index is 13.0. The van der Waals surface area contributed by atoms with Crippen LogP contribution in [0.25, 0.3) is 0 Å². The molecule has 2 heterocycles. The van der Waals surface area contributed by atoms with Crippen molar-refractivity contribution in [3.05, 3.63) is 35.6 Å². The Morgan fingerprint density at radius 3 is 2.81 bits per heavy atom. The Morgan fingerprint density at radius 2 is 2.12 bits per heavy atom. The molecular formula is C18H22FN3O4. The van der Waals surface area contributed by atoms with Gasteiger partial charge in [-0.2, -0.15) is 0 Å². The maximum Gasteiger partial charge on any atom is 0.264 e. The molecule has 0 aromatic heterocycles. The predicted octanol–water partition coefficient (Wildman–Crippen LogP) is 1.12.